The minimum Gasteiger partial charge on any atom is -0.300 e. The molecule has 0 saturated heterocycles. The summed E-state index contributed by atoms with van der Waals surface area (Å²) in [6.07, 6.45) is 9.89. The van der Waals surface area contributed by atoms with Crippen LogP contribution in [0.3, 0.4) is 0 Å². The minimum absolute atomic E-state index is 0.597. The summed E-state index contributed by atoms with van der Waals surface area (Å²) in [5.41, 5.74) is 0.597. The molecule has 0 heterocycles. The van der Waals surface area contributed by atoms with Gasteiger partial charge in [-0.15, -0.1) is 0 Å². The molecule has 0 bridgehead atoms. The van der Waals surface area contributed by atoms with Gasteiger partial charge in [-0.3, -0.25) is 4.90 Å². The van der Waals surface area contributed by atoms with Crippen LogP contribution in [0.2, 0.25) is 0 Å². The van der Waals surface area contributed by atoms with Crippen LogP contribution < -0.4 is 0 Å². The molecule has 2 aliphatic rings. The molecule has 0 unspecified atom stereocenters. The van der Waals surface area contributed by atoms with E-state index in [-0.39, 0.29) is 0 Å². The lowest BCUT2D eigenvalue weighted by Gasteiger charge is -2.44. The zero-order chi connectivity index (χ0) is 10.7. The van der Waals surface area contributed by atoms with Crippen molar-refractivity contribution < 1.29 is 0 Å². The van der Waals surface area contributed by atoms with E-state index in [1.165, 1.54) is 58.0 Å². The summed E-state index contributed by atoms with van der Waals surface area (Å²) in [5.74, 6) is 1.10. The molecule has 0 amide bonds. The van der Waals surface area contributed by atoms with Crippen molar-refractivity contribution in [3.63, 3.8) is 0 Å². The molecule has 0 spiro atoms. The van der Waals surface area contributed by atoms with Crippen LogP contribution in [0.5, 0.6) is 0 Å². The minimum atomic E-state index is 0.597. The van der Waals surface area contributed by atoms with Crippen molar-refractivity contribution in [1.29, 1.82) is 0 Å². The van der Waals surface area contributed by atoms with E-state index in [1.54, 1.807) is 0 Å². The first-order valence-corrected chi connectivity index (χ1v) is 7.28. The van der Waals surface area contributed by atoms with Gasteiger partial charge in [0.1, 0.15) is 0 Å². The van der Waals surface area contributed by atoms with E-state index in [4.69, 9.17) is 0 Å². The topological polar surface area (TPSA) is 3.24 Å². The average Bonchev–Trinajstić information content (AvgIpc) is 3.00. The molecule has 2 saturated carbocycles. The third-order valence-electron chi connectivity index (χ3n) is 4.15. The Labute approximate surface area is 100 Å². The second-order valence-electron chi connectivity index (χ2n) is 5.57. The van der Waals surface area contributed by atoms with Crippen LogP contribution in [0, 0.1) is 5.41 Å². The molecule has 0 aliphatic heterocycles. The summed E-state index contributed by atoms with van der Waals surface area (Å²) in [6, 6.07) is 0.939. The monoisotopic (exact) mass is 227 g/mol. The maximum Gasteiger partial charge on any atom is 0.00966 e. The van der Waals surface area contributed by atoms with E-state index in [0.717, 1.165) is 11.8 Å². The van der Waals surface area contributed by atoms with Crippen molar-refractivity contribution in [3.8, 4) is 0 Å². The van der Waals surface area contributed by atoms with Gasteiger partial charge in [-0.1, -0.05) is 19.8 Å². The summed E-state index contributed by atoms with van der Waals surface area (Å²) in [4.78, 5) is 2.76. The molecule has 15 heavy (non-hydrogen) atoms. The molecule has 0 aromatic carbocycles. The number of thiol groups is 1. The fourth-order valence-electron chi connectivity index (χ4n) is 2.67. The Bertz CT molecular complexity index is 191. The first-order chi connectivity index (χ1) is 7.29. The standard InChI is InChI=1S/C13H25NS/c1-2-3-9-14(12-5-6-12)10-13(11-15)7-4-8-13/h12,15H,2-11H2,1H3. The van der Waals surface area contributed by atoms with Crippen LogP contribution in [0.25, 0.3) is 0 Å². The van der Waals surface area contributed by atoms with E-state index in [0.29, 0.717) is 5.41 Å². The number of hydrogen-bond donors (Lipinski definition) is 1. The van der Waals surface area contributed by atoms with Gasteiger partial charge < -0.3 is 0 Å². The summed E-state index contributed by atoms with van der Waals surface area (Å²) in [7, 11) is 0. The van der Waals surface area contributed by atoms with Gasteiger partial charge in [-0.25, -0.2) is 0 Å². The van der Waals surface area contributed by atoms with Crippen molar-refractivity contribution in [2.45, 2.75) is 57.9 Å². The number of rotatable bonds is 7. The summed E-state index contributed by atoms with van der Waals surface area (Å²) >= 11 is 4.56. The van der Waals surface area contributed by atoms with E-state index < -0.39 is 0 Å². The molecule has 0 atom stereocenters. The Hall–Kier alpha value is 0.310. The van der Waals surface area contributed by atoms with E-state index in [9.17, 15) is 0 Å². The van der Waals surface area contributed by atoms with Gasteiger partial charge in [0.05, 0.1) is 0 Å². The number of unbranched alkanes of at least 4 members (excludes halogenated alkanes) is 1. The highest BCUT2D eigenvalue weighted by Gasteiger charge is 2.40. The normalized spacial score (nSPS) is 24.2. The van der Waals surface area contributed by atoms with Crippen LogP contribution in [0.4, 0.5) is 0 Å². The van der Waals surface area contributed by atoms with Gasteiger partial charge in [0, 0.05) is 12.6 Å². The fourth-order valence-corrected chi connectivity index (χ4v) is 3.08. The Morgan fingerprint density at radius 2 is 2.07 bits per heavy atom. The van der Waals surface area contributed by atoms with Crippen molar-refractivity contribution >= 4 is 12.6 Å². The highest BCUT2D eigenvalue weighted by atomic mass is 32.1. The number of nitrogens with zero attached hydrogens (tertiary/aromatic N) is 1. The fraction of sp³-hybridized carbons (Fsp3) is 1.00. The van der Waals surface area contributed by atoms with Gasteiger partial charge in [0.2, 0.25) is 0 Å². The molecular weight excluding hydrogens is 202 g/mol. The van der Waals surface area contributed by atoms with Crippen molar-refractivity contribution in [2.75, 3.05) is 18.8 Å². The van der Waals surface area contributed by atoms with Gasteiger partial charge in [-0.2, -0.15) is 12.6 Å². The Morgan fingerprint density at radius 1 is 1.33 bits per heavy atom. The lowest BCUT2D eigenvalue weighted by molar-refractivity contribution is 0.0847. The van der Waals surface area contributed by atoms with E-state index >= 15 is 0 Å². The SMILES string of the molecule is CCCCN(CC1(CS)CCC1)C1CC1. The smallest absolute Gasteiger partial charge is 0.00966 e. The predicted molar refractivity (Wildman–Crippen MR) is 69.6 cm³/mol. The van der Waals surface area contributed by atoms with Crippen molar-refractivity contribution in [1.82, 2.24) is 4.90 Å². The summed E-state index contributed by atoms with van der Waals surface area (Å²) in [5, 5.41) is 0. The predicted octanol–water partition coefficient (Wildman–Crippen LogP) is 3.35. The molecule has 2 heteroatoms. The van der Waals surface area contributed by atoms with Gasteiger partial charge >= 0.3 is 0 Å². The molecule has 88 valence electrons. The molecule has 0 N–H and O–H groups in total. The van der Waals surface area contributed by atoms with Crippen LogP contribution in [0.1, 0.15) is 51.9 Å². The molecule has 0 aromatic rings. The summed E-state index contributed by atoms with van der Waals surface area (Å²) < 4.78 is 0. The Balaban J connectivity index is 1.82. The quantitative estimate of drug-likeness (QED) is 0.653. The molecule has 2 rings (SSSR count). The summed E-state index contributed by atoms with van der Waals surface area (Å²) in [6.45, 7) is 4.96. The molecule has 1 nitrogen and oxygen atoms in total. The van der Waals surface area contributed by atoms with Crippen molar-refractivity contribution in [2.24, 2.45) is 5.41 Å². The zero-order valence-electron chi connectivity index (χ0n) is 10.0. The van der Waals surface area contributed by atoms with Crippen molar-refractivity contribution in [3.05, 3.63) is 0 Å². The molecule has 0 aromatic heterocycles. The second-order valence-corrected chi connectivity index (χ2v) is 5.88. The lowest BCUT2D eigenvalue weighted by Crippen LogP contribution is -2.44. The Kier molecular flexibility index (Phi) is 4.00. The highest BCUT2D eigenvalue weighted by Crippen LogP contribution is 2.44. The van der Waals surface area contributed by atoms with Gasteiger partial charge in [0.25, 0.3) is 0 Å². The largest absolute Gasteiger partial charge is 0.300 e. The van der Waals surface area contributed by atoms with Gasteiger partial charge in [0.15, 0.2) is 0 Å². The lowest BCUT2D eigenvalue weighted by atomic mass is 9.70. The second kappa shape index (κ2) is 5.09. The molecule has 0 radical (unpaired) electrons. The molecule has 2 fully saturated rings. The van der Waals surface area contributed by atoms with Gasteiger partial charge in [-0.05, 0) is 49.8 Å². The van der Waals surface area contributed by atoms with Crippen LogP contribution in [-0.2, 0) is 0 Å². The third kappa shape index (κ3) is 2.91. The van der Waals surface area contributed by atoms with E-state index in [1.807, 2.05) is 0 Å². The number of hydrogen-bond acceptors (Lipinski definition) is 2. The first kappa shape index (κ1) is 11.8. The average molecular weight is 227 g/mol. The highest BCUT2D eigenvalue weighted by molar-refractivity contribution is 7.80. The van der Waals surface area contributed by atoms with E-state index in [2.05, 4.69) is 24.5 Å². The van der Waals surface area contributed by atoms with Crippen LogP contribution in [-0.4, -0.2) is 29.8 Å². The molecule has 2 aliphatic carbocycles. The maximum atomic E-state index is 4.56. The van der Waals surface area contributed by atoms with Crippen LogP contribution >= 0.6 is 12.6 Å². The van der Waals surface area contributed by atoms with Crippen LogP contribution in [0.15, 0.2) is 0 Å². The zero-order valence-corrected chi connectivity index (χ0v) is 10.9. The maximum absolute atomic E-state index is 4.56. The Morgan fingerprint density at radius 3 is 2.47 bits per heavy atom. The third-order valence-corrected chi connectivity index (χ3v) is 4.82. The molecular formula is C13H25NS. The first-order valence-electron chi connectivity index (χ1n) is 6.64.